The summed E-state index contributed by atoms with van der Waals surface area (Å²) in [6, 6.07) is 5.34. The van der Waals surface area contributed by atoms with Gasteiger partial charge >= 0.3 is 0 Å². The average molecular weight is 267 g/mol. The number of anilines is 1. The number of hydrogen-bond acceptors (Lipinski definition) is 4. The number of nitrogens with two attached hydrogens (primary N) is 2. The van der Waals surface area contributed by atoms with Gasteiger partial charge in [-0.2, -0.15) is 0 Å². The molecule has 1 aromatic carbocycles. The molecule has 5 nitrogen and oxygen atoms in total. The number of rotatable bonds is 1. The summed E-state index contributed by atoms with van der Waals surface area (Å²) in [4.78, 5) is 11.0. The molecule has 4 N–H and O–H groups in total. The molecule has 0 radical (unpaired) electrons. The zero-order chi connectivity index (χ0) is 11.0. The number of carbonyl (C=O) groups excluding carboxylic acids is 1. The summed E-state index contributed by atoms with van der Waals surface area (Å²) in [6.07, 6.45) is 0. The minimum absolute atomic E-state index is 0.00447. The Morgan fingerprint density at radius 1 is 1.33 bits per heavy atom. The van der Waals surface area contributed by atoms with Crippen molar-refractivity contribution < 1.29 is 4.79 Å². The van der Waals surface area contributed by atoms with Crippen LogP contribution in [0.3, 0.4) is 0 Å². The van der Waals surface area contributed by atoms with Gasteiger partial charge in [0.1, 0.15) is 0 Å². The van der Waals surface area contributed by atoms with Crippen LogP contribution in [0.2, 0.25) is 0 Å². The van der Waals surface area contributed by atoms with Crippen molar-refractivity contribution in [2.24, 2.45) is 5.73 Å². The predicted octanol–water partition coefficient (Wildman–Crippen LogP) is 1.07. The fourth-order valence-corrected chi connectivity index (χ4v) is 1.63. The zero-order valence-electron chi connectivity index (χ0n) is 7.57. The van der Waals surface area contributed by atoms with Gasteiger partial charge in [0, 0.05) is 9.86 Å². The normalized spacial score (nSPS) is 10.5. The number of halogens is 1. The van der Waals surface area contributed by atoms with Crippen LogP contribution in [0.1, 0.15) is 10.5 Å². The molecule has 0 saturated heterocycles. The lowest BCUT2D eigenvalue weighted by Crippen LogP contribution is -2.16. The highest BCUT2D eigenvalue weighted by Gasteiger charge is 2.11. The van der Waals surface area contributed by atoms with Crippen LogP contribution in [-0.4, -0.2) is 16.1 Å². The van der Waals surface area contributed by atoms with Crippen LogP contribution in [0.4, 0.5) is 5.69 Å². The molecule has 1 amide bonds. The third-order valence-corrected chi connectivity index (χ3v) is 2.49. The number of nitrogen functional groups attached to an aromatic ring is 1. The molecule has 2 rings (SSSR count). The largest absolute Gasteiger partial charge is 0.396 e. The van der Waals surface area contributed by atoms with Crippen molar-refractivity contribution >= 4 is 38.4 Å². The summed E-state index contributed by atoms with van der Waals surface area (Å²) in [5.74, 6) is -0.676. The van der Waals surface area contributed by atoms with Crippen LogP contribution in [0.5, 0.6) is 0 Å². The van der Waals surface area contributed by atoms with E-state index in [4.69, 9.17) is 11.5 Å². The highest BCUT2D eigenvalue weighted by molar-refractivity contribution is 9.10. The smallest absolute Gasteiger partial charge is 0.271 e. The quantitative estimate of drug-likeness (QED) is 0.807. The van der Waals surface area contributed by atoms with Gasteiger partial charge in [0.05, 0.1) is 11.2 Å². The van der Waals surface area contributed by atoms with Crippen LogP contribution in [0, 0.1) is 0 Å². The Kier molecular flexibility index (Phi) is 2.28. The summed E-state index contributed by atoms with van der Waals surface area (Å²) < 4.78 is 0.871. The lowest BCUT2D eigenvalue weighted by atomic mass is 10.1. The summed E-state index contributed by atoms with van der Waals surface area (Å²) in [5, 5.41) is 8.21. The van der Waals surface area contributed by atoms with E-state index in [1.807, 2.05) is 6.07 Å². The Balaban J connectivity index is 2.80. The molecule has 2 aromatic rings. The van der Waals surface area contributed by atoms with E-state index in [1.165, 1.54) is 0 Å². The van der Waals surface area contributed by atoms with E-state index in [0.29, 0.717) is 10.9 Å². The first kappa shape index (κ1) is 9.85. The second-order valence-electron chi connectivity index (χ2n) is 2.99. The van der Waals surface area contributed by atoms with Crippen LogP contribution in [0.25, 0.3) is 10.9 Å². The first-order chi connectivity index (χ1) is 7.09. The molecule has 0 saturated carbocycles. The maximum absolute atomic E-state index is 11.0. The Bertz CT molecular complexity index is 555. The monoisotopic (exact) mass is 266 g/mol. The van der Waals surface area contributed by atoms with E-state index in [0.717, 1.165) is 4.47 Å². The molecule has 0 spiro atoms. The van der Waals surface area contributed by atoms with E-state index < -0.39 is 5.91 Å². The number of benzene rings is 1. The molecule has 1 aromatic heterocycles. The topological polar surface area (TPSA) is 94.9 Å². The molecule has 0 unspecified atom stereocenters. The van der Waals surface area contributed by atoms with Gasteiger partial charge in [0.2, 0.25) is 0 Å². The van der Waals surface area contributed by atoms with E-state index in [2.05, 4.69) is 26.1 Å². The minimum atomic E-state index is -0.676. The van der Waals surface area contributed by atoms with Gasteiger partial charge in [0.25, 0.3) is 5.91 Å². The number of amides is 1. The van der Waals surface area contributed by atoms with Gasteiger partial charge in [-0.15, -0.1) is 10.2 Å². The maximum Gasteiger partial charge on any atom is 0.271 e. The molecule has 0 bridgehead atoms. The van der Waals surface area contributed by atoms with E-state index >= 15 is 0 Å². The number of fused-ring (bicyclic) bond motifs is 1. The predicted molar refractivity (Wildman–Crippen MR) is 60.2 cm³/mol. The fraction of sp³-hybridized carbons (Fsp3) is 0. The lowest BCUT2D eigenvalue weighted by Gasteiger charge is -2.04. The molecule has 6 heteroatoms. The first-order valence-corrected chi connectivity index (χ1v) is 4.90. The third kappa shape index (κ3) is 1.63. The fourth-order valence-electron chi connectivity index (χ4n) is 1.28. The highest BCUT2D eigenvalue weighted by Crippen LogP contribution is 2.23. The molecule has 0 aliphatic rings. The molecule has 76 valence electrons. The molecule has 0 fully saturated rings. The standard InChI is InChI=1S/C9H7BrN4O/c10-4-1-2-5-6(3-4)13-14-8(7(5)11)9(12)15/h1-3H,(H2,11,13)(H2,12,15). The van der Waals surface area contributed by atoms with Crippen LogP contribution >= 0.6 is 15.9 Å². The van der Waals surface area contributed by atoms with Crippen molar-refractivity contribution in [3.63, 3.8) is 0 Å². The molecular formula is C9H7BrN4O. The van der Waals surface area contributed by atoms with Crippen molar-refractivity contribution in [2.45, 2.75) is 0 Å². The van der Waals surface area contributed by atoms with Crippen molar-refractivity contribution in [2.75, 3.05) is 5.73 Å². The second kappa shape index (κ2) is 3.47. The molecule has 15 heavy (non-hydrogen) atoms. The van der Waals surface area contributed by atoms with Gasteiger partial charge in [-0.1, -0.05) is 15.9 Å². The Morgan fingerprint density at radius 2 is 2.07 bits per heavy atom. The Morgan fingerprint density at radius 3 is 2.73 bits per heavy atom. The maximum atomic E-state index is 11.0. The number of nitrogens with zero attached hydrogens (tertiary/aromatic N) is 2. The molecular weight excluding hydrogens is 260 g/mol. The van der Waals surface area contributed by atoms with Gasteiger partial charge in [-0.3, -0.25) is 4.79 Å². The number of aromatic nitrogens is 2. The number of carbonyl (C=O) groups is 1. The first-order valence-electron chi connectivity index (χ1n) is 4.11. The molecule has 0 atom stereocenters. The summed E-state index contributed by atoms with van der Waals surface area (Å²) in [6.45, 7) is 0. The summed E-state index contributed by atoms with van der Waals surface area (Å²) in [7, 11) is 0. The molecule has 0 aliphatic heterocycles. The Hall–Kier alpha value is -1.69. The SMILES string of the molecule is NC(=O)c1nnc2cc(Br)ccc2c1N. The lowest BCUT2D eigenvalue weighted by molar-refractivity contribution is 0.0996. The third-order valence-electron chi connectivity index (χ3n) is 2.00. The summed E-state index contributed by atoms with van der Waals surface area (Å²) >= 11 is 3.30. The van der Waals surface area contributed by atoms with Gasteiger partial charge in [-0.05, 0) is 18.2 Å². The van der Waals surface area contributed by atoms with Crippen molar-refractivity contribution in [3.05, 3.63) is 28.4 Å². The van der Waals surface area contributed by atoms with Crippen molar-refractivity contribution in [1.82, 2.24) is 10.2 Å². The van der Waals surface area contributed by atoms with Gasteiger partial charge < -0.3 is 11.5 Å². The van der Waals surface area contributed by atoms with Crippen LogP contribution in [0.15, 0.2) is 22.7 Å². The molecule has 0 aliphatic carbocycles. The van der Waals surface area contributed by atoms with Crippen LogP contribution in [-0.2, 0) is 0 Å². The average Bonchev–Trinajstić information content (AvgIpc) is 2.17. The number of hydrogen-bond donors (Lipinski definition) is 2. The zero-order valence-corrected chi connectivity index (χ0v) is 9.15. The Labute approximate surface area is 93.6 Å². The van der Waals surface area contributed by atoms with E-state index in [1.54, 1.807) is 12.1 Å². The second-order valence-corrected chi connectivity index (χ2v) is 3.90. The molecule has 1 heterocycles. The van der Waals surface area contributed by atoms with E-state index in [9.17, 15) is 4.79 Å². The van der Waals surface area contributed by atoms with Gasteiger partial charge in [0.15, 0.2) is 5.69 Å². The van der Waals surface area contributed by atoms with Gasteiger partial charge in [-0.25, -0.2) is 0 Å². The van der Waals surface area contributed by atoms with Crippen molar-refractivity contribution in [1.29, 1.82) is 0 Å². The van der Waals surface area contributed by atoms with Crippen LogP contribution < -0.4 is 11.5 Å². The van der Waals surface area contributed by atoms with Crippen molar-refractivity contribution in [3.8, 4) is 0 Å². The highest BCUT2D eigenvalue weighted by atomic mass is 79.9. The number of primary amides is 1. The minimum Gasteiger partial charge on any atom is -0.396 e. The summed E-state index contributed by atoms with van der Waals surface area (Å²) in [5.41, 5.74) is 11.7. The van der Waals surface area contributed by atoms with E-state index in [-0.39, 0.29) is 11.4 Å².